The van der Waals surface area contributed by atoms with E-state index in [1.807, 2.05) is 6.07 Å². The van der Waals surface area contributed by atoms with Crippen LogP contribution in [0.4, 0.5) is 5.82 Å². The van der Waals surface area contributed by atoms with Crippen LogP contribution in [0.5, 0.6) is 0 Å². The highest BCUT2D eigenvalue weighted by molar-refractivity contribution is 9.10. The number of aromatic nitrogens is 1. The number of nitrogens with zero attached hydrogens (tertiary/aromatic N) is 1. The van der Waals surface area contributed by atoms with E-state index in [4.69, 9.17) is 16.3 Å². The Bertz CT molecular complexity index is 322. The van der Waals surface area contributed by atoms with E-state index in [1.54, 1.807) is 13.3 Å². The summed E-state index contributed by atoms with van der Waals surface area (Å²) in [6.45, 7) is 2.79. The third kappa shape index (κ3) is 4.36. The Morgan fingerprint density at radius 1 is 1.67 bits per heavy atom. The van der Waals surface area contributed by atoms with Crippen molar-refractivity contribution in [3.63, 3.8) is 0 Å². The fourth-order valence-corrected chi connectivity index (χ4v) is 1.80. The van der Waals surface area contributed by atoms with Crippen LogP contribution in [-0.2, 0) is 4.74 Å². The van der Waals surface area contributed by atoms with Gasteiger partial charge in [0.05, 0.1) is 5.02 Å². The monoisotopic (exact) mass is 292 g/mol. The predicted molar refractivity (Wildman–Crippen MR) is 66.5 cm³/mol. The van der Waals surface area contributed by atoms with Gasteiger partial charge in [-0.05, 0) is 35.3 Å². The second-order valence-corrected chi connectivity index (χ2v) is 4.63. The van der Waals surface area contributed by atoms with Crippen LogP contribution >= 0.6 is 27.5 Å². The molecule has 0 spiro atoms. The smallest absolute Gasteiger partial charge is 0.145 e. The lowest BCUT2D eigenvalue weighted by molar-refractivity contribution is 0.191. The van der Waals surface area contributed by atoms with Crippen molar-refractivity contribution in [2.75, 3.05) is 19.0 Å². The Labute approximate surface area is 103 Å². The standard InChI is InChI=1S/C10H14BrClN2O/c1-7(3-4-15-2)14-10-9(12)5-8(11)6-13-10/h5-7H,3-4H2,1-2H3,(H,13,14). The number of hydrogen-bond acceptors (Lipinski definition) is 3. The molecule has 1 atom stereocenters. The molecule has 1 unspecified atom stereocenters. The molecule has 0 aliphatic rings. The summed E-state index contributed by atoms with van der Waals surface area (Å²) in [7, 11) is 1.69. The second-order valence-electron chi connectivity index (χ2n) is 3.31. The van der Waals surface area contributed by atoms with Gasteiger partial charge in [-0.1, -0.05) is 11.6 Å². The Kier molecular flexibility index (Phi) is 5.36. The molecular formula is C10H14BrClN2O. The van der Waals surface area contributed by atoms with Gasteiger partial charge < -0.3 is 10.1 Å². The number of anilines is 1. The molecule has 0 saturated heterocycles. The van der Waals surface area contributed by atoms with Crippen LogP contribution in [0.2, 0.25) is 5.02 Å². The van der Waals surface area contributed by atoms with Crippen molar-refractivity contribution < 1.29 is 4.74 Å². The van der Waals surface area contributed by atoms with Crippen molar-refractivity contribution >= 4 is 33.3 Å². The Hall–Kier alpha value is -0.320. The molecule has 15 heavy (non-hydrogen) atoms. The van der Waals surface area contributed by atoms with E-state index in [9.17, 15) is 0 Å². The van der Waals surface area contributed by atoms with Gasteiger partial charge in [0.2, 0.25) is 0 Å². The normalized spacial score (nSPS) is 12.5. The number of ether oxygens (including phenoxy) is 1. The molecule has 1 aromatic heterocycles. The minimum atomic E-state index is 0.288. The van der Waals surface area contributed by atoms with Gasteiger partial charge in [0.1, 0.15) is 5.82 Å². The molecule has 0 aliphatic carbocycles. The quantitative estimate of drug-likeness (QED) is 0.904. The van der Waals surface area contributed by atoms with Gasteiger partial charge in [0.15, 0.2) is 0 Å². The van der Waals surface area contributed by atoms with Crippen molar-refractivity contribution in [1.29, 1.82) is 0 Å². The van der Waals surface area contributed by atoms with Gasteiger partial charge in [0.25, 0.3) is 0 Å². The van der Waals surface area contributed by atoms with Crippen molar-refractivity contribution in [2.24, 2.45) is 0 Å². The van der Waals surface area contributed by atoms with Crippen LogP contribution in [0.3, 0.4) is 0 Å². The zero-order chi connectivity index (χ0) is 11.3. The summed E-state index contributed by atoms with van der Waals surface area (Å²) in [5.41, 5.74) is 0. The SMILES string of the molecule is COCCC(C)Nc1ncc(Br)cc1Cl. The minimum Gasteiger partial charge on any atom is -0.385 e. The van der Waals surface area contributed by atoms with E-state index < -0.39 is 0 Å². The number of hydrogen-bond donors (Lipinski definition) is 1. The van der Waals surface area contributed by atoms with E-state index in [2.05, 4.69) is 33.2 Å². The van der Waals surface area contributed by atoms with Gasteiger partial charge in [-0.3, -0.25) is 0 Å². The lowest BCUT2D eigenvalue weighted by atomic mass is 10.2. The predicted octanol–water partition coefficient (Wildman–Crippen LogP) is 3.33. The average Bonchev–Trinajstić information content (AvgIpc) is 2.19. The summed E-state index contributed by atoms with van der Waals surface area (Å²) < 4.78 is 5.88. The van der Waals surface area contributed by atoms with E-state index >= 15 is 0 Å². The Morgan fingerprint density at radius 3 is 3.00 bits per heavy atom. The molecule has 0 aliphatic heterocycles. The number of rotatable bonds is 5. The molecule has 0 saturated carbocycles. The van der Waals surface area contributed by atoms with Crippen molar-refractivity contribution in [3.05, 3.63) is 21.8 Å². The van der Waals surface area contributed by atoms with Gasteiger partial charge in [-0.15, -0.1) is 0 Å². The Morgan fingerprint density at radius 2 is 2.40 bits per heavy atom. The summed E-state index contributed by atoms with van der Waals surface area (Å²) in [5, 5.41) is 3.85. The largest absolute Gasteiger partial charge is 0.385 e. The summed E-state index contributed by atoms with van der Waals surface area (Å²) in [6.07, 6.45) is 2.64. The zero-order valence-electron chi connectivity index (χ0n) is 8.76. The highest BCUT2D eigenvalue weighted by atomic mass is 79.9. The molecule has 0 fully saturated rings. The van der Waals surface area contributed by atoms with Crippen molar-refractivity contribution in [3.8, 4) is 0 Å². The van der Waals surface area contributed by atoms with E-state index in [0.29, 0.717) is 10.8 Å². The zero-order valence-corrected chi connectivity index (χ0v) is 11.1. The van der Waals surface area contributed by atoms with Crippen LogP contribution in [0.1, 0.15) is 13.3 Å². The maximum absolute atomic E-state index is 6.02. The molecular weight excluding hydrogens is 279 g/mol. The molecule has 1 heterocycles. The number of pyridine rings is 1. The first kappa shape index (κ1) is 12.7. The van der Waals surface area contributed by atoms with Gasteiger partial charge in [-0.2, -0.15) is 0 Å². The van der Waals surface area contributed by atoms with Crippen LogP contribution in [0.15, 0.2) is 16.7 Å². The number of halogens is 2. The highest BCUT2D eigenvalue weighted by Crippen LogP contribution is 2.23. The summed E-state index contributed by atoms with van der Waals surface area (Å²) >= 11 is 9.33. The van der Waals surface area contributed by atoms with Gasteiger partial charge in [-0.25, -0.2) is 4.98 Å². The third-order valence-corrected chi connectivity index (χ3v) is 2.67. The second kappa shape index (κ2) is 6.30. The molecule has 5 heteroatoms. The average molecular weight is 294 g/mol. The van der Waals surface area contributed by atoms with Gasteiger partial charge in [0, 0.05) is 30.4 Å². The Balaban J connectivity index is 2.56. The molecule has 1 aromatic rings. The van der Waals surface area contributed by atoms with Crippen LogP contribution < -0.4 is 5.32 Å². The number of nitrogens with one attached hydrogen (secondary N) is 1. The lowest BCUT2D eigenvalue weighted by Gasteiger charge is -2.14. The molecule has 1 rings (SSSR count). The number of methoxy groups -OCH3 is 1. The summed E-state index contributed by atoms with van der Waals surface area (Å²) in [4.78, 5) is 4.20. The maximum Gasteiger partial charge on any atom is 0.145 e. The third-order valence-electron chi connectivity index (χ3n) is 1.95. The van der Waals surface area contributed by atoms with E-state index in [0.717, 1.165) is 17.5 Å². The fraction of sp³-hybridized carbons (Fsp3) is 0.500. The fourth-order valence-electron chi connectivity index (χ4n) is 1.12. The molecule has 0 amide bonds. The van der Waals surface area contributed by atoms with Gasteiger partial charge >= 0.3 is 0 Å². The molecule has 84 valence electrons. The molecule has 0 radical (unpaired) electrons. The molecule has 1 N–H and O–H groups in total. The summed E-state index contributed by atoms with van der Waals surface area (Å²) in [6, 6.07) is 2.11. The molecule has 3 nitrogen and oxygen atoms in total. The summed E-state index contributed by atoms with van der Waals surface area (Å²) in [5.74, 6) is 0.712. The van der Waals surface area contributed by atoms with Crippen LogP contribution in [0, 0.1) is 0 Å². The first-order chi connectivity index (χ1) is 7.13. The van der Waals surface area contributed by atoms with Crippen LogP contribution in [-0.4, -0.2) is 24.7 Å². The van der Waals surface area contributed by atoms with Crippen LogP contribution in [0.25, 0.3) is 0 Å². The topological polar surface area (TPSA) is 34.1 Å². The van der Waals surface area contributed by atoms with E-state index in [-0.39, 0.29) is 6.04 Å². The molecule has 0 bridgehead atoms. The lowest BCUT2D eigenvalue weighted by Crippen LogP contribution is -2.18. The van der Waals surface area contributed by atoms with E-state index in [1.165, 1.54) is 0 Å². The molecule has 0 aromatic carbocycles. The minimum absolute atomic E-state index is 0.288. The van der Waals surface area contributed by atoms with Crippen molar-refractivity contribution in [2.45, 2.75) is 19.4 Å². The maximum atomic E-state index is 6.02. The first-order valence-corrected chi connectivity index (χ1v) is 5.87. The highest BCUT2D eigenvalue weighted by Gasteiger charge is 2.06. The first-order valence-electron chi connectivity index (χ1n) is 4.70. The van der Waals surface area contributed by atoms with Crippen molar-refractivity contribution in [1.82, 2.24) is 4.98 Å².